The number of rotatable bonds is 1. The molecule has 3 nitrogen and oxygen atoms in total. The second kappa shape index (κ2) is 4.28. The summed E-state index contributed by atoms with van der Waals surface area (Å²) in [5, 5.41) is 0. The van der Waals surface area contributed by atoms with Crippen molar-refractivity contribution in [2.45, 2.75) is 45.0 Å². The summed E-state index contributed by atoms with van der Waals surface area (Å²) in [7, 11) is 0. The molecule has 1 amide bonds. The van der Waals surface area contributed by atoms with Crippen LogP contribution in [0.15, 0.2) is 0 Å². The van der Waals surface area contributed by atoms with Gasteiger partial charge in [0.25, 0.3) is 0 Å². The van der Waals surface area contributed by atoms with E-state index in [1.165, 1.54) is 0 Å². The number of hydrogen-bond donors (Lipinski definition) is 0. The van der Waals surface area contributed by atoms with Crippen LogP contribution in [0, 0.1) is 0 Å². The van der Waals surface area contributed by atoms with Gasteiger partial charge in [0, 0.05) is 6.54 Å². The number of ether oxygens (including phenoxy) is 1. The summed E-state index contributed by atoms with van der Waals surface area (Å²) in [5.74, 6) is 0. The maximum absolute atomic E-state index is 12.5. The highest BCUT2D eigenvalue weighted by molar-refractivity contribution is 5.68. The minimum absolute atomic E-state index is 0.0311. The zero-order valence-corrected chi connectivity index (χ0v) is 8.67. The molecular weight excluding hydrogens is 211 g/mol. The quantitative estimate of drug-likeness (QED) is 0.686. The van der Waals surface area contributed by atoms with Gasteiger partial charge in [-0.2, -0.15) is 13.2 Å². The molecule has 0 radical (unpaired) electrons. The van der Waals surface area contributed by atoms with E-state index in [1.807, 2.05) is 0 Å². The molecule has 15 heavy (non-hydrogen) atoms. The van der Waals surface area contributed by atoms with E-state index < -0.39 is 24.4 Å². The zero-order valence-electron chi connectivity index (χ0n) is 8.67. The van der Waals surface area contributed by atoms with Gasteiger partial charge in [0.2, 0.25) is 0 Å². The summed E-state index contributed by atoms with van der Waals surface area (Å²) in [6, 6.07) is -1.68. The Morgan fingerprint density at radius 3 is 2.53 bits per heavy atom. The molecule has 1 heterocycles. The van der Waals surface area contributed by atoms with E-state index in [9.17, 15) is 18.0 Å². The number of alkyl halides is 3. The fourth-order valence-corrected chi connectivity index (χ4v) is 1.59. The highest BCUT2D eigenvalue weighted by Crippen LogP contribution is 2.32. The maximum atomic E-state index is 12.5. The van der Waals surface area contributed by atoms with Crippen molar-refractivity contribution >= 4 is 6.09 Å². The van der Waals surface area contributed by atoms with E-state index in [0.29, 0.717) is 6.42 Å². The van der Waals surface area contributed by atoms with Crippen LogP contribution in [0.25, 0.3) is 0 Å². The van der Waals surface area contributed by atoms with Crippen LogP contribution < -0.4 is 0 Å². The van der Waals surface area contributed by atoms with Crippen molar-refractivity contribution < 1.29 is 22.7 Å². The lowest BCUT2D eigenvalue weighted by atomic mass is 10.2. The molecule has 0 N–H and O–H groups in total. The van der Waals surface area contributed by atoms with Gasteiger partial charge in [0.15, 0.2) is 0 Å². The van der Waals surface area contributed by atoms with E-state index in [2.05, 4.69) is 0 Å². The molecule has 1 unspecified atom stereocenters. The van der Waals surface area contributed by atoms with Crippen molar-refractivity contribution in [3.05, 3.63) is 0 Å². The average Bonchev–Trinajstić information content (AvgIpc) is 2.48. The number of halogens is 3. The zero-order chi connectivity index (χ0) is 11.6. The molecule has 1 atom stereocenters. The minimum atomic E-state index is -4.35. The highest BCUT2D eigenvalue weighted by atomic mass is 19.4. The Labute approximate surface area is 86.2 Å². The number of nitrogens with zero attached hydrogens (tertiary/aromatic N) is 1. The Balaban J connectivity index is 2.64. The summed E-state index contributed by atoms with van der Waals surface area (Å²) >= 11 is 0. The standard InChI is InChI=1S/C9H14F3NO2/c1-6(2)15-8(14)13-5-3-4-7(13)9(10,11)12/h6-7H,3-5H2,1-2H3. The summed E-state index contributed by atoms with van der Waals surface area (Å²) in [6.07, 6.45) is -5.28. The summed E-state index contributed by atoms with van der Waals surface area (Å²) in [4.78, 5) is 12.1. The van der Waals surface area contributed by atoms with E-state index in [-0.39, 0.29) is 13.0 Å². The Hall–Kier alpha value is -0.940. The van der Waals surface area contributed by atoms with E-state index in [1.54, 1.807) is 13.8 Å². The van der Waals surface area contributed by atoms with Gasteiger partial charge in [0.1, 0.15) is 6.04 Å². The second-order valence-corrected chi connectivity index (χ2v) is 3.83. The van der Waals surface area contributed by atoms with Gasteiger partial charge in [0.05, 0.1) is 6.10 Å². The molecule has 1 rings (SSSR count). The third-order valence-corrected chi connectivity index (χ3v) is 2.20. The van der Waals surface area contributed by atoms with Crippen LogP contribution >= 0.6 is 0 Å². The van der Waals surface area contributed by atoms with Crippen molar-refractivity contribution in [2.24, 2.45) is 0 Å². The van der Waals surface area contributed by atoms with Crippen LogP contribution in [0.3, 0.4) is 0 Å². The van der Waals surface area contributed by atoms with Crippen molar-refractivity contribution in [1.82, 2.24) is 4.90 Å². The molecule has 0 spiro atoms. The lowest BCUT2D eigenvalue weighted by Crippen LogP contribution is -2.45. The van der Waals surface area contributed by atoms with Gasteiger partial charge in [-0.05, 0) is 26.7 Å². The van der Waals surface area contributed by atoms with Crippen molar-refractivity contribution in [1.29, 1.82) is 0 Å². The number of amides is 1. The summed E-state index contributed by atoms with van der Waals surface area (Å²) < 4.78 is 42.1. The van der Waals surface area contributed by atoms with Crippen LogP contribution in [0.5, 0.6) is 0 Å². The first-order valence-corrected chi connectivity index (χ1v) is 4.86. The molecule has 6 heteroatoms. The fourth-order valence-electron chi connectivity index (χ4n) is 1.59. The minimum Gasteiger partial charge on any atom is -0.447 e. The topological polar surface area (TPSA) is 29.5 Å². The van der Waals surface area contributed by atoms with E-state index in [0.717, 1.165) is 4.90 Å². The Morgan fingerprint density at radius 1 is 1.47 bits per heavy atom. The van der Waals surface area contributed by atoms with E-state index >= 15 is 0 Å². The van der Waals surface area contributed by atoms with Gasteiger partial charge in [-0.1, -0.05) is 0 Å². The molecule has 88 valence electrons. The van der Waals surface area contributed by atoms with Crippen LogP contribution in [-0.2, 0) is 4.74 Å². The predicted molar refractivity (Wildman–Crippen MR) is 47.4 cm³/mol. The molecule has 1 saturated heterocycles. The largest absolute Gasteiger partial charge is 0.447 e. The van der Waals surface area contributed by atoms with E-state index in [4.69, 9.17) is 4.74 Å². The normalized spacial score (nSPS) is 22.3. The SMILES string of the molecule is CC(C)OC(=O)N1CCCC1C(F)(F)F. The Morgan fingerprint density at radius 2 is 2.07 bits per heavy atom. The monoisotopic (exact) mass is 225 g/mol. The molecule has 0 aromatic rings. The molecule has 0 saturated carbocycles. The lowest BCUT2D eigenvalue weighted by molar-refractivity contribution is -0.172. The van der Waals surface area contributed by atoms with Gasteiger partial charge in [-0.3, -0.25) is 4.90 Å². The molecular formula is C9H14F3NO2. The molecule has 1 aliphatic rings. The number of carbonyl (C=O) groups is 1. The highest BCUT2D eigenvalue weighted by Gasteiger charge is 2.48. The molecule has 0 aromatic heterocycles. The molecule has 0 aromatic carbocycles. The maximum Gasteiger partial charge on any atom is 0.410 e. The first-order valence-electron chi connectivity index (χ1n) is 4.86. The first-order chi connectivity index (χ1) is 6.82. The van der Waals surface area contributed by atoms with Crippen molar-refractivity contribution in [2.75, 3.05) is 6.54 Å². The first kappa shape index (κ1) is 12.1. The predicted octanol–water partition coefficient (Wildman–Crippen LogP) is 2.56. The molecule has 0 bridgehead atoms. The smallest absolute Gasteiger partial charge is 0.410 e. The van der Waals surface area contributed by atoms with Crippen LogP contribution in [0.2, 0.25) is 0 Å². The van der Waals surface area contributed by atoms with Crippen LogP contribution in [-0.4, -0.2) is 35.9 Å². The number of hydrogen-bond acceptors (Lipinski definition) is 2. The van der Waals surface area contributed by atoms with Crippen LogP contribution in [0.4, 0.5) is 18.0 Å². The second-order valence-electron chi connectivity index (χ2n) is 3.83. The summed E-state index contributed by atoms with van der Waals surface area (Å²) in [6.45, 7) is 3.34. The van der Waals surface area contributed by atoms with Gasteiger partial charge < -0.3 is 4.74 Å². The molecule has 1 aliphatic heterocycles. The average molecular weight is 225 g/mol. The Bertz CT molecular complexity index is 240. The fraction of sp³-hybridized carbons (Fsp3) is 0.889. The van der Waals surface area contributed by atoms with Gasteiger partial charge >= 0.3 is 12.3 Å². The lowest BCUT2D eigenvalue weighted by Gasteiger charge is -2.26. The van der Waals surface area contributed by atoms with Crippen molar-refractivity contribution in [3.8, 4) is 0 Å². The molecule has 0 aliphatic carbocycles. The third-order valence-electron chi connectivity index (χ3n) is 2.20. The number of likely N-dealkylation sites (tertiary alicyclic amines) is 1. The molecule has 1 fully saturated rings. The van der Waals surface area contributed by atoms with Crippen molar-refractivity contribution in [3.63, 3.8) is 0 Å². The van der Waals surface area contributed by atoms with Crippen LogP contribution in [0.1, 0.15) is 26.7 Å². The Kier molecular flexibility index (Phi) is 3.46. The summed E-state index contributed by atoms with van der Waals surface area (Å²) in [5.41, 5.74) is 0. The van der Waals surface area contributed by atoms with Gasteiger partial charge in [-0.25, -0.2) is 4.79 Å². The third kappa shape index (κ3) is 3.00. The van der Waals surface area contributed by atoms with Gasteiger partial charge in [-0.15, -0.1) is 0 Å². The number of carbonyl (C=O) groups excluding carboxylic acids is 1.